The van der Waals surface area contributed by atoms with Gasteiger partial charge in [-0.05, 0) is 26.3 Å². The minimum Gasteiger partial charge on any atom is -0.619 e. The molecule has 1 aromatic heterocycles. The van der Waals surface area contributed by atoms with Gasteiger partial charge in [0.15, 0.2) is 12.4 Å². The average Bonchev–Trinajstić information content (AvgIpc) is 2.04. The predicted molar refractivity (Wildman–Crippen MR) is 51.0 cm³/mol. The van der Waals surface area contributed by atoms with Crippen LogP contribution in [0.1, 0.15) is 30.5 Å². The van der Waals surface area contributed by atoms with Crippen molar-refractivity contribution in [1.29, 1.82) is 0 Å². The summed E-state index contributed by atoms with van der Waals surface area (Å²) in [5, 5.41) is 10.8. The lowest BCUT2D eigenvalue weighted by atomic mass is 10.1. The van der Waals surface area contributed by atoms with Crippen molar-refractivity contribution in [2.45, 2.75) is 34.6 Å². The molecular weight excluding hydrogens is 150 g/mol. The van der Waals surface area contributed by atoms with Crippen LogP contribution in [0.25, 0.3) is 0 Å². The number of aromatic nitrogens is 1. The van der Waals surface area contributed by atoms with E-state index in [4.69, 9.17) is 0 Å². The summed E-state index contributed by atoms with van der Waals surface area (Å²) in [5.41, 5.74) is 3.30. The number of hydrogen-bond acceptors (Lipinski definition) is 1. The van der Waals surface area contributed by atoms with E-state index in [0.29, 0.717) is 0 Å². The van der Waals surface area contributed by atoms with E-state index in [-0.39, 0.29) is 0 Å². The van der Waals surface area contributed by atoms with E-state index in [1.807, 2.05) is 34.6 Å². The molecule has 0 saturated heterocycles. The lowest BCUT2D eigenvalue weighted by Gasteiger charge is -2.02. The smallest absolute Gasteiger partial charge is 0.183 e. The van der Waals surface area contributed by atoms with E-state index in [1.54, 1.807) is 12.4 Å². The molecule has 0 aromatic carbocycles. The molecule has 68 valence electrons. The van der Waals surface area contributed by atoms with E-state index in [1.165, 1.54) is 5.56 Å². The highest BCUT2D eigenvalue weighted by atomic mass is 16.5. The Morgan fingerprint density at radius 2 is 1.33 bits per heavy atom. The lowest BCUT2D eigenvalue weighted by Crippen LogP contribution is -2.26. The Hall–Kier alpha value is -1.05. The van der Waals surface area contributed by atoms with E-state index < -0.39 is 0 Å². The molecule has 0 unspecified atom stereocenters. The molecule has 0 aliphatic carbocycles. The second-order valence-corrected chi connectivity index (χ2v) is 2.61. The maximum atomic E-state index is 10.8. The molecule has 0 spiro atoms. The third-order valence-corrected chi connectivity index (χ3v) is 1.82. The van der Waals surface area contributed by atoms with Crippen LogP contribution < -0.4 is 4.73 Å². The minimum absolute atomic E-state index is 0.845. The molecule has 12 heavy (non-hydrogen) atoms. The fourth-order valence-electron chi connectivity index (χ4n) is 0.924. The van der Waals surface area contributed by atoms with Gasteiger partial charge in [-0.1, -0.05) is 13.8 Å². The summed E-state index contributed by atoms with van der Waals surface area (Å²) in [6, 6.07) is 0. The molecule has 1 heterocycles. The SMILES string of the molecule is CC.Cc1c[n+]([O-])cc(C)c1C. The predicted octanol–water partition coefficient (Wildman–Crippen LogP) is 2.27. The molecule has 0 aliphatic rings. The van der Waals surface area contributed by atoms with Crippen LogP contribution in [0.3, 0.4) is 0 Å². The second-order valence-electron chi connectivity index (χ2n) is 2.61. The van der Waals surface area contributed by atoms with E-state index in [9.17, 15) is 5.21 Å². The van der Waals surface area contributed by atoms with Crippen LogP contribution in [-0.4, -0.2) is 0 Å². The number of hydrogen-bond donors (Lipinski definition) is 0. The molecule has 0 radical (unpaired) electrons. The van der Waals surface area contributed by atoms with E-state index >= 15 is 0 Å². The highest BCUT2D eigenvalue weighted by Crippen LogP contribution is 2.06. The Balaban J connectivity index is 0.000000561. The second kappa shape index (κ2) is 4.75. The van der Waals surface area contributed by atoms with Gasteiger partial charge in [0, 0.05) is 11.1 Å². The van der Waals surface area contributed by atoms with Gasteiger partial charge < -0.3 is 5.21 Å². The molecule has 0 amide bonds. The monoisotopic (exact) mass is 167 g/mol. The van der Waals surface area contributed by atoms with Gasteiger partial charge in [-0.15, -0.1) is 0 Å². The van der Waals surface area contributed by atoms with Crippen molar-refractivity contribution in [3.63, 3.8) is 0 Å². The maximum Gasteiger partial charge on any atom is 0.183 e. The summed E-state index contributed by atoms with van der Waals surface area (Å²) in [7, 11) is 0. The van der Waals surface area contributed by atoms with E-state index in [0.717, 1.165) is 15.9 Å². The van der Waals surface area contributed by atoms with Crippen molar-refractivity contribution >= 4 is 0 Å². The van der Waals surface area contributed by atoms with Crippen molar-refractivity contribution in [3.05, 3.63) is 34.3 Å². The molecule has 1 aromatic rings. The zero-order valence-corrected chi connectivity index (χ0v) is 8.51. The summed E-state index contributed by atoms with van der Waals surface area (Å²) in [6.45, 7) is 9.90. The Labute approximate surface area is 74.4 Å². The lowest BCUT2D eigenvalue weighted by molar-refractivity contribution is -0.606. The number of aryl methyl sites for hydroxylation is 2. The van der Waals surface area contributed by atoms with Crippen molar-refractivity contribution in [1.82, 2.24) is 0 Å². The van der Waals surface area contributed by atoms with Gasteiger partial charge in [-0.25, -0.2) is 0 Å². The molecule has 2 heteroatoms. The molecule has 0 fully saturated rings. The highest BCUT2D eigenvalue weighted by Gasteiger charge is 2.00. The van der Waals surface area contributed by atoms with Gasteiger partial charge in [-0.2, -0.15) is 4.73 Å². The van der Waals surface area contributed by atoms with Crippen molar-refractivity contribution in [2.75, 3.05) is 0 Å². The Kier molecular flexibility index (Phi) is 4.34. The molecule has 0 atom stereocenters. The van der Waals surface area contributed by atoms with Crippen molar-refractivity contribution in [2.24, 2.45) is 0 Å². The van der Waals surface area contributed by atoms with Crippen LogP contribution in [-0.2, 0) is 0 Å². The van der Waals surface area contributed by atoms with Gasteiger partial charge in [0.2, 0.25) is 0 Å². The fourth-order valence-corrected chi connectivity index (χ4v) is 0.924. The van der Waals surface area contributed by atoms with Crippen LogP contribution in [0.4, 0.5) is 0 Å². The molecular formula is C10H17NO. The third-order valence-electron chi connectivity index (χ3n) is 1.82. The molecule has 2 nitrogen and oxygen atoms in total. The van der Waals surface area contributed by atoms with Crippen LogP contribution in [0.5, 0.6) is 0 Å². The topological polar surface area (TPSA) is 26.9 Å². The fraction of sp³-hybridized carbons (Fsp3) is 0.500. The first-order valence-corrected chi connectivity index (χ1v) is 4.28. The first-order chi connectivity index (χ1) is 5.61. The number of rotatable bonds is 0. The van der Waals surface area contributed by atoms with Gasteiger partial charge >= 0.3 is 0 Å². The normalized spacial score (nSPS) is 8.75. The van der Waals surface area contributed by atoms with Crippen LogP contribution >= 0.6 is 0 Å². The van der Waals surface area contributed by atoms with Crippen molar-refractivity contribution in [3.8, 4) is 0 Å². The van der Waals surface area contributed by atoms with Gasteiger partial charge in [0.05, 0.1) is 0 Å². The molecule has 0 saturated carbocycles. The number of nitrogens with zero attached hydrogens (tertiary/aromatic N) is 1. The van der Waals surface area contributed by atoms with Gasteiger partial charge in [0.25, 0.3) is 0 Å². The van der Waals surface area contributed by atoms with Gasteiger partial charge in [-0.3, -0.25) is 0 Å². The van der Waals surface area contributed by atoms with Crippen LogP contribution in [0.15, 0.2) is 12.4 Å². The standard InChI is InChI=1S/C8H11NO.C2H6/c1-6-4-9(10)5-7(2)8(6)3;1-2/h4-5H,1-3H3;1-2H3. The minimum atomic E-state index is 0.845. The van der Waals surface area contributed by atoms with E-state index in [2.05, 4.69) is 0 Å². The summed E-state index contributed by atoms with van der Waals surface area (Å²) >= 11 is 0. The number of pyridine rings is 1. The van der Waals surface area contributed by atoms with Crippen LogP contribution in [0.2, 0.25) is 0 Å². The Bertz CT molecular complexity index is 233. The van der Waals surface area contributed by atoms with Crippen LogP contribution in [0, 0.1) is 26.0 Å². The third kappa shape index (κ3) is 2.53. The Morgan fingerprint density at radius 3 is 1.67 bits per heavy atom. The molecule has 0 N–H and O–H groups in total. The zero-order valence-electron chi connectivity index (χ0n) is 8.51. The molecule has 0 aliphatic heterocycles. The summed E-state index contributed by atoms with van der Waals surface area (Å²) < 4.78 is 0.845. The molecule has 0 bridgehead atoms. The van der Waals surface area contributed by atoms with Crippen molar-refractivity contribution < 1.29 is 4.73 Å². The average molecular weight is 167 g/mol. The maximum absolute atomic E-state index is 10.8. The van der Waals surface area contributed by atoms with Gasteiger partial charge in [0.1, 0.15) is 0 Å². The summed E-state index contributed by atoms with van der Waals surface area (Å²) in [6.07, 6.45) is 3.17. The highest BCUT2D eigenvalue weighted by molar-refractivity contribution is 5.25. The largest absolute Gasteiger partial charge is 0.619 e. The first-order valence-electron chi connectivity index (χ1n) is 4.28. The summed E-state index contributed by atoms with van der Waals surface area (Å²) in [4.78, 5) is 0. The molecule has 1 rings (SSSR count). The quantitative estimate of drug-likeness (QED) is 0.430. The Morgan fingerprint density at radius 1 is 1.00 bits per heavy atom. The zero-order chi connectivity index (χ0) is 9.72. The first kappa shape index (κ1) is 11.0. The summed E-state index contributed by atoms with van der Waals surface area (Å²) in [5.74, 6) is 0.